The molecule has 0 radical (unpaired) electrons. The number of aromatic nitrogens is 1. The van der Waals surface area contributed by atoms with Gasteiger partial charge in [-0.2, -0.15) is 0 Å². The molecular formula is C16H19N3O2S. The second-order valence-corrected chi connectivity index (χ2v) is 5.90. The van der Waals surface area contributed by atoms with Crippen molar-refractivity contribution >= 4 is 17.2 Å². The molecule has 0 aliphatic carbocycles. The Morgan fingerprint density at radius 2 is 2.05 bits per heavy atom. The smallest absolute Gasteiger partial charge is 0.273 e. The number of amides is 1. The third kappa shape index (κ3) is 3.28. The maximum Gasteiger partial charge on any atom is 0.273 e. The second kappa shape index (κ2) is 6.89. The number of rotatable bonds is 4. The van der Waals surface area contributed by atoms with Gasteiger partial charge in [-0.15, -0.1) is 11.3 Å². The van der Waals surface area contributed by atoms with Crippen LogP contribution in [-0.4, -0.2) is 48.6 Å². The Hall–Kier alpha value is -1.92. The highest BCUT2D eigenvalue weighted by Gasteiger charge is 2.20. The van der Waals surface area contributed by atoms with Gasteiger partial charge in [0.05, 0.1) is 6.61 Å². The maximum atomic E-state index is 12.4. The van der Waals surface area contributed by atoms with Crippen molar-refractivity contribution in [3.05, 3.63) is 35.3 Å². The van der Waals surface area contributed by atoms with Crippen molar-refractivity contribution in [3.63, 3.8) is 0 Å². The molecule has 0 atom stereocenters. The van der Waals surface area contributed by atoms with Gasteiger partial charge >= 0.3 is 0 Å². The number of hydrogen-bond donors (Lipinski definition) is 1. The van der Waals surface area contributed by atoms with E-state index < -0.39 is 0 Å². The van der Waals surface area contributed by atoms with Crippen molar-refractivity contribution < 1.29 is 9.53 Å². The summed E-state index contributed by atoms with van der Waals surface area (Å²) >= 11 is 1.50. The molecule has 1 fully saturated rings. The molecule has 22 heavy (non-hydrogen) atoms. The van der Waals surface area contributed by atoms with Crippen LogP contribution in [0.25, 0.3) is 10.6 Å². The van der Waals surface area contributed by atoms with Crippen LogP contribution in [0.5, 0.6) is 5.75 Å². The van der Waals surface area contributed by atoms with Gasteiger partial charge in [-0.05, 0) is 31.2 Å². The van der Waals surface area contributed by atoms with Crippen molar-refractivity contribution in [1.29, 1.82) is 0 Å². The van der Waals surface area contributed by atoms with Crippen LogP contribution in [0.2, 0.25) is 0 Å². The van der Waals surface area contributed by atoms with Gasteiger partial charge < -0.3 is 15.0 Å². The molecule has 0 spiro atoms. The van der Waals surface area contributed by atoms with Crippen LogP contribution >= 0.6 is 11.3 Å². The average molecular weight is 317 g/mol. The first kappa shape index (κ1) is 15.0. The van der Waals surface area contributed by atoms with E-state index in [1.54, 1.807) is 0 Å². The quantitative estimate of drug-likeness (QED) is 0.940. The molecule has 2 heterocycles. The van der Waals surface area contributed by atoms with Crippen molar-refractivity contribution in [3.8, 4) is 16.3 Å². The summed E-state index contributed by atoms with van der Waals surface area (Å²) in [6.07, 6.45) is 0. The number of benzene rings is 1. The first-order valence-electron chi connectivity index (χ1n) is 7.46. The lowest BCUT2D eigenvalue weighted by Gasteiger charge is -2.26. The fourth-order valence-corrected chi connectivity index (χ4v) is 3.19. The van der Waals surface area contributed by atoms with Crippen LogP contribution < -0.4 is 10.1 Å². The average Bonchev–Trinajstić information content (AvgIpc) is 3.06. The number of piperazine rings is 1. The van der Waals surface area contributed by atoms with Crippen molar-refractivity contribution in [2.45, 2.75) is 6.92 Å². The first-order valence-corrected chi connectivity index (χ1v) is 8.34. The summed E-state index contributed by atoms with van der Waals surface area (Å²) in [6, 6.07) is 7.81. The molecule has 1 aliphatic rings. The highest BCUT2D eigenvalue weighted by molar-refractivity contribution is 7.13. The Kier molecular flexibility index (Phi) is 4.70. The molecule has 3 rings (SSSR count). The highest BCUT2D eigenvalue weighted by atomic mass is 32.1. The Balaban J connectivity index is 1.73. The summed E-state index contributed by atoms with van der Waals surface area (Å²) in [6.45, 7) is 5.80. The van der Waals surface area contributed by atoms with Gasteiger partial charge in [-0.3, -0.25) is 4.79 Å². The van der Waals surface area contributed by atoms with Crippen LogP contribution in [-0.2, 0) is 0 Å². The molecule has 1 amide bonds. The Morgan fingerprint density at radius 1 is 1.32 bits per heavy atom. The van der Waals surface area contributed by atoms with E-state index in [9.17, 15) is 4.79 Å². The molecule has 6 heteroatoms. The zero-order valence-electron chi connectivity index (χ0n) is 12.5. The summed E-state index contributed by atoms with van der Waals surface area (Å²) in [7, 11) is 0. The largest absolute Gasteiger partial charge is 0.494 e. The topological polar surface area (TPSA) is 54.5 Å². The molecule has 1 N–H and O–H groups in total. The number of thiazole rings is 1. The van der Waals surface area contributed by atoms with E-state index in [2.05, 4.69) is 10.3 Å². The van der Waals surface area contributed by atoms with Crippen LogP contribution in [0.4, 0.5) is 0 Å². The summed E-state index contributed by atoms with van der Waals surface area (Å²) in [4.78, 5) is 18.8. The summed E-state index contributed by atoms with van der Waals surface area (Å²) < 4.78 is 5.44. The van der Waals surface area contributed by atoms with E-state index >= 15 is 0 Å². The van der Waals surface area contributed by atoms with Gasteiger partial charge in [0.25, 0.3) is 5.91 Å². The molecular weight excluding hydrogens is 298 g/mol. The van der Waals surface area contributed by atoms with Crippen molar-refractivity contribution in [1.82, 2.24) is 15.2 Å². The van der Waals surface area contributed by atoms with Gasteiger partial charge in [0.2, 0.25) is 0 Å². The number of hydrogen-bond acceptors (Lipinski definition) is 5. The van der Waals surface area contributed by atoms with E-state index in [4.69, 9.17) is 4.74 Å². The predicted molar refractivity (Wildman–Crippen MR) is 87.5 cm³/mol. The predicted octanol–water partition coefficient (Wildman–Crippen LogP) is 2.25. The summed E-state index contributed by atoms with van der Waals surface area (Å²) in [5, 5.41) is 5.95. The number of nitrogens with one attached hydrogen (secondary N) is 1. The summed E-state index contributed by atoms with van der Waals surface area (Å²) in [5.74, 6) is 0.870. The number of carbonyl (C=O) groups is 1. The zero-order chi connectivity index (χ0) is 15.4. The lowest BCUT2D eigenvalue weighted by atomic mass is 10.2. The van der Waals surface area contributed by atoms with Crippen molar-refractivity contribution in [2.24, 2.45) is 0 Å². The monoisotopic (exact) mass is 317 g/mol. The van der Waals surface area contributed by atoms with Gasteiger partial charge in [0.1, 0.15) is 16.5 Å². The fraction of sp³-hybridized carbons (Fsp3) is 0.375. The third-order valence-corrected chi connectivity index (χ3v) is 4.43. The Bertz CT molecular complexity index is 633. The van der Waals surface area contributed by atoms with Crippen LogP contribution in [0.1, 0.15) is 17.4 Å². The molecule has 116 valence electrons. The van der Waals surface area contributed by atoms with E-state index in [1.807, 2.05) is 41.5 Å². The molecule has 1 aromatic heterocycles. The highest BCUT2D eigenvalue weighted by Crippen LogP contribution is 2.26. The maximum absolute atomic E-state index is 12.4. The Morgan fingerprint density at radius 3 is 2.73 bits per heavy atom. The first-order chi connectivity index (χ1) is 10.8. The van der Waals surface area contributed by atoms with Gasteiger partial charge in [-0.25, -0.2) is 4.98 Å². The standard InChI is InChI=1S/C16H19N3O2S/c1-2-21-13-5-3-12(4-6-13)15-18-14(11-22-15)16(20)19-9-7-17-8-10-19/h3-6,11,17H,2,7-10H2,1H3. The molecule has 5 nitrogen and oxygen atoms in total. The fourth-order valence-electron chi connectivity index (χ4n) is 2.39. The molecule has 1 aromatic carbocycles. The second-order valence-electron chi connectivity index (χ2n) is 5.04. The normalized spacial score (nSPS) is 14.9. The molecule has 1 aliphatic heterocycles. The minimum absolute atomic E-state index is 0.0231. The molecule has 1 saturated heterocycles. The molecule has 0 saturated carbocycles. The lowest BCUT2D eigenvalue weighted by Crippen LogP contribution is -2.46. The van der Waals surface area contributed by atoms with E-state index in [1.165, 1.54) is 11.3 Å². The number of carbonyl (C=O) groups excluding carboxylic acids is 1. The number of nitrogens with zero attached hydrogens (tertiary/aromatic N) is 2. The van der Waals surface area contributed by atoms with Crippen molar-refractivity contribution in [2.75, 3.05) is 32.8 Å². The van der Waals surface area contributed by atoms with E-state index in [-0.39, 0.29) is 5.91 Å². The van der Waals surface area contributed by atoms with Gasteiger partial charge in [-0.1, -0.05) is 0 Å². The molecule has 2 aromatic rings. The molecule has 0 bridgehead atoms. The van der Waals surface area contributed by atoms with Crippen LogP contribution in [0.15, 0.2) is 29.6 Å². The third-order valence-electron chi connectivity index (χ3n) is 3.54. The van der Waals surface area contributed by atoms with Gasteiger partial charge in [0.15, 0.2) is 0 Å². The molecule has 0 unspecified atom stereocenters. The summed E-state index contributed by atoms with van der Waals surface area (Å²) in [5.41, 5.74) is 1.54. The van der Waals surface area contributed by atoms with Gasteiger partial charge in [0, 0.05) is 37.1 Å². The number of ether oxygens (including phenoxy) is 1. The van der Waals surface area contributed by atoms with Crippen LogP contribution in [0.3, 0.4) is 0 Å². The zero-order valence-corrected chi connectivity index (χ0v) is 13.4. The van der Waals surface area contributed by atoms with E-state index in [0.717, 1.165) is 42.5 Å². The minimum atomic E-state index is 0.0231. The van der Waals surface area contributed by atoms with Crippen LogP contribution in [0, 0.1) is 0 Å². The Labute approximate surface area is 133 Å². The SMILES string of the molecule is CCOc1ccc(-c2nc(C(=O)N3CCNCC3)cs2)cc1. The van der Waals surface area contributed by atoms with E-state index in [0.29, 0.717) is 12.3 Å². The lowest BCUT2D eigenvalue weighted by molar-refractivity contribution is 0.0731. The minimum Gasteiger partial charge on any atom is -0.494 e.